The van der Waals surface area contributed by atoms with Crippen molar-refractivity contribution >= 4 is 11.9 Å². The number of esters is 1. The van der Waals surface area contributed by atoms with Crippen LogP contribution in [0.2, 0.25) is 0 Å². The summed E-state index contributed by atoms with van der Waals surface area (Å²) < 4.78 is 4.38. The fourth-order valence-corrected chi connectivity index (χ4v) is 0.604. The van der Waals surface area contributed by atoms with Gasteiger partial charge in [0.1, 0.15) is 0 Å². The molecule has 11 heavy (non-hydrogen) atoms. The molecule has 0 spiro atoms. The molecule has 64 valence electrons. The fourth-order valence-electron chi connectivity index (χ4n) is 0.604. The highest BCUT2D eigenvalue weighted by molar-refractivity contribution is 5.80. The minimum atomic E-state index is -0.983. The largest absolute Gasteiger partial charge is 0.481 e. The molecule has 0 aliphatic rings. The van der Waals surface area contributed by atoms with E-state index in [-0.39, 0.29) is 0 Å². The van der Waals surface area contributed by atoms with Gasteiger partial charge in [-0.05, 0) is 0 Å². The zero-order valence-corrected chi connectivity index (χ0v) is 6.83. The van der Waals surface area contributed by atoms with Gasteiger partial charge in [0.25, 0.3) is 0 Å². The number of ether oxygens (including phenoxy) is 1. The second-order valence-electron chi connectivity index (χ2n) is 2.44. The summed E-state index contributed by atoms with van der Waals surface area (Å²) in [5.41, 5.74) is 0. The van der Waals surface area contributed by atoms with Crippen molar-refractivity contribution in [3.8, 4) is 0 Å². The lowest BCUT2D eigenvalue weighted by Crippen LogP contribution is -2.26. The van der Waals surface area contributed by atoms with Gasteiger partial charge in [-0.25, -0.2) is 0 Å². The van der Waals surface area contributed by atoms with E-state index in [1.54, 1.807) is 0 Å². The number of carboxylic acid groups (broad SMARTS) is 1. The van der Waals surface area contributed by atoms with E-state index in [0.717, 1.165) is 0 Å². The van der Waals surface area contributed by atoms with Crippen LogP contribution in [-0.4, -0.2) is 24.2 Å². The summed E-state index contributed by atoms with van der Waals surface area (Å²) in [6.45, 7) is 3.01. The van der Waals surface area contributed by atoms with E-state index in [1.807, 2.05) is 0 Å². The molecule has 0 aromatic carbocycles. The number of carbonyl (C=O) groups is 2. The van der Waals surface area contributed by atoms with Crippen LogP contribution in [0.25, 0.3) is 0 Å². The zero-order valence-electron chi connectivity index (χ0n) is 6.83. The van der Waals surface area contributed by atoms with Crippen LogP contribution in [0.15, 0.2) is 0 Å². The van der Waals surface area contributed by atoms with E-state index in [9.17, 15) is 9.59 Å². The molecular formula is C7H12O4. The fraction of sp³-hybridized carbons (Fsp3) is 0.714. The number of aliphatic carboxylic acids is 1. The third kappa shape index (κ3) is 2.57. The van der Waals surface area contributed by atoms with Gasteiger partial charge in [-0.15, -0.1) is 0 Å². The highest BCUT2D eigenvalue weighted by Gasteiger charge is 2.25. The Morgan fingerprint density at radius 2 is 1.73 bits per heavy atom. The zero-order chi connectivity index (χ0) is 9.02. The molecule has 0 aliphatic carbocycles. The van der Waals surface area contributed by atoms with Crippen LogP contribution >= 0.6 is 0 Å². The minimum Gasteiger partial charge on any atom is -0.481 e. The number of hydrogen-bond acceptors (Lipinski definition) is 3. The van der Waals surface area contributed by atoms with Crippen molar-refractivity contribution in [2.45, 2.75) is 13.8 Å². The monoisotopic (exact) mass is 160 g/mol. The van der Waals surface area contributed by atoms with Crippen LogP contribution in [0, 0.1) is 11.8 Å². The predicted octanol–water partition coefficient (Wildman–Crippen LogP) is 0.516. The third-order valence-corrected chi connectivity index (χ3v) is 1.71. The van der Waals surface area contributed by atoms with Gasteiger partial charge in [-0.2, -0.15) is 0 Å². The Morgan fingerprint density at radius 1 is 1.27 bits per heavy atom. The molecule has 0 aliphatic heterocycles. The molecule has 1 N–H and O–H groups in total. The van der Waals surface area contributed by atoms with Crippen LogP contribution in [0.1, 0.15) is 13.8 Å². The van der Waals surface area contributed by atoms with Crippen molar-refractivity contribution < 1.29 is 19.4 Å². The summed E-state index contributed by atoms with van der Waals surface area (Å²) in [4.78, 5) is 21.1. The SMILES string of the molecule is COC(=O)[C@H](C)[C@H](C)C(=O)O. The Morgan fingerprint density at radius 3 is 2.00 bits per heavy atom. The van der Waals surface area contributed by atoms with E-state index in [1.165, 1.54) is 21.0 Å². The van der Waals surface area contributed by atoms with Gasteiger partial charge in [0.05, 0.1) is 18.9 Å². The molecule has 4 heteroatoms. The van der Waals surface area contributed by atoms with Gasteiger partial charge >= 0.3 is 11.9 Å². The molecule has 0 radical (unpaired) electrons. The van der Waals surface area contributed by atoms with E-state index >= 15 is 0 Å². The van der Waals surface area contributed by atoms with Crippen molar-refractivity contribution in [3.63, 3.8) is 0 Å². The lowest BCUT2D eigenvalue weighted by Gasteiger charge is -2.12. The van der Waals surface area contributed by atoms with E-state index in [2.05, 4.69) is 4.74 Å². The Balaban J connectivity index is 4.12. The van der Waals surface area contributed by atoms with E-state index in [0.29, 0.717) is 0 Å². The summed E-state index contributed by atoms with van der Waals surface area (Å²) in [6.07, 6.45) is 0. The summed E-state index contributed by atoms with van der Waals surface area (Å²) >= 11 is 0. The molecule has 0 saturated heterocycles. The molecular weight excluding hydrogens is 148 g/mol. The highest BCUT2D eigenvalue weighted by Crippen LogP contribution is 2.11. The summed E-state index contributed by atoms with van der Waals surface area (Å²) in [5.74, 6) is -2.75. The number of hydrogen-bond donors (Lipinski definition) is 1. The molecule has 0 aromatic rings. The average molecular weight is 160 g/mol. The summed E-state index contributed by atoms with van der Waals surface area (Å²) in [6, 6.07) is 0. The predicted molar refractivity (Wildman–Crippen MR) is 38.0 cm³/mol. The molecule has 0 bridgehead atoms. The lowest BCUT2D eigenvalue weighted by atomic mass is 9.97. The van der Waals surface area contributed by atoms with Gasteiger partial charge in [-0.1, -0.05) is 13.8 Å². The van der Waals surface area contributed by atoms with Gasteiger partial charge in [0.15, 0.2) is 0 Å². The normalized spacial score (nSPS) is 15.2. The van der Waals surface area contributed by atoms with Crippen molar-refractivity contribution in [1.29, 1.82) is 0 Å². The third-order valence-electron chi connectivity index (χ3n) is 1.71. The molecule has 0 fully saturated rings. The Hall–Kier alpha value is -1.06. The van der Waals surface area contributed by atoms with Gasteiger partial charge < -0.3 is 9.84 Å². The number of carboxylic acids is 1. The van der Waals surface area contributed by atoms with Gasteiger partial charge in [-0.3, -0.25) is 9.59 Å². The Kier molecular flexibility index (Phi) is 3.57. The first-order valence-electron chi connectivity index (χ1n) is 3.31. The molecule has 0 unspecified atom stereocenters. The van der Waals surface area contributed by atoms with Crippen LogP contribution in [0.3, 0.4) is 0 Å². The van der Waals surface area contributed by atoms with Crippen molar-refractivity contribution in [1.82, 2.24) is 0 Å². The average Bonchev–Trinajstić information content (AvgIpc) is 2.00. The maximum atomic E-state index is 10.8. The smallest absolute Gasteiger partial charge is 0.309 e. The maximum absolute atomic E-state index is 10.8. The van der Waals surface area contributed by atoms with Crippen molar-refractivity contribution in [2.24, 2.45) is 11.8 Å². The first kappa shape index (κ1) is 9.94. The van der Waals surface area contributed by atoms with Crippen LogP contribution in [0.4, 0.5) is 0 Å². The summed E-state index contributed by atoms with van der Waals surface area (Å²) in [7, 11) is 1.24. The minimum absolute atomic E-state index is 0.486. The quantitative estimate of drug-likeness (QED) is 0.611. The molecule has 0 amide bonds. The second-order valence-corrected chi connectivity index (χ2v) is 2.44. The first-order chi connectivity index (χ1) is 5.00. The molecule has 0 saturated carbocycles. The van der Waals surface area contributed by atoms with Crippen molar-refractivity contribution in [3.05, 3.63) is 0 Å². The summed E-state index contributed by atoms with van der Waals surface area (Å²) in [5, 5.41) is 8.49. The van der Waals surface area contributed by atoms with E-state index < -0.39 is 23.8 Å². The van der Waals surface area contributed by atoms with Gasteiger partial charge in [0.2, 0.25) is 0 Å². The molecule has 4 nitrogen and oxygen atoms in total. The van der Waals surface area contributed by atoms with Gasteiger partial charge in [0, 0.05) is 0 Å². The first-order valence-corrected chi connectivity index (χ1v) is 3.31. The highest BCUT2D eigenvalue weighted by atomic mass is 16.5. The number of methoxy groups -OCH3 is 1. The second kappa shape index (κ2) is 3.95. The number of rotatable bonds is 3. The maximum Gasteiger partial charge on any atom is 0.309 e. The van der Waals surface area contributed by atoms with E-state index in [4.69, 9.17) is 5.11 Å². The Labute approximate surface area is 65.2 Å². The number of carbonyl (C=O) groups excluding carboxylic acids is 1. The Bertz CT molecular complexity index is 164. The molecule has 0 rings (SSSR count). The van der Waals surface area contributed by atoms with Crippen molar-refractivity contribution in [2.75, 3.05) is 7.11 Å². The van der Waals surface area contributed by atoms with Crippen LogP contribution in [-0.2, 0) is 14.3 Å². The molecule has 2 atom stereocenters. The van der Waals surface area contributed by atoms with Crippen LogP contribution < -0.4 is 0 Å². The van der Waals surface area contributed by atoms with Crippen LogP contribution in [0.5, 0.6) is 0 Å². The molecule has 0 aromatic heterocycles. The lowest BCUT2D eigenvalue weighted by molar-refractivity contribution is -0.154. The topological polar surface area (TPSA) is 63.6 Å². The standard InChI is InChI=1S/C7H12O4/c1-4(6(8)9)5(2)7(10)11-3/h4-5H,1-3H3,(H,8,9)/t4-,5+/m0/s1. The molecule has 0 heterocycles.